The zero-order valence-corrected chi connectivity index (χ0v) is 11.9. The second-order valence-electron chi connectivity index (χ2n) is 4.02. The lowest BCUT2D eigenvalue weighted by Gasteiger charge is -2.06. The Morgan fingerprint density at radius 1 is 0.611 bits per heavy atom. The highest BCUT2D eigenvalue weighted by atomic mass is 16.5. The molecule has 110 valence electrons. The summed E-state index contributed by atoms with van der Waals surface area (Å²) in [6.45, 7) is 6.41. The molecule has 0 aliphatic carbocycles. The predicted molar refractivity (Wildman–Crippen MR) is 72.1 cm³/mol. The third-order valence-electron chi connectivity index (χ3n) is 2.38. The minimum Gasteiger partial charge on any atom is -0.385 e. The van der Waals surface area contributed by atoms with Crippen LogP contribution in [0.15, 0.2) is 0 Å². The van der Waals surface area contributed by atoms with Crippen molar-refractivity contribution in [2.45, 2.75) is 19.3 Å². The number of ether oxygens (including phenoxy) is 4. The Labute approximate surface area is 111 Å². The van der Waals surface area contributed by atoms with Crippen LogP contribution in [0.25, 0.3) is 0 Å². The molecule has 0 aromatic rings. The van der Waals surface area contributed by atoms with E-state index in [2.05, 4.69) is 5.32 Å². The second-order valence-corrected chi connectivity index (χ2v) is 4.02. The molecule has 0 spiro atoms. The number of methoxy groups -OCH3 is 2. The van der Waals surface area contributed by atoms with Crippen LogP contribution in [0.1, 0.15) is 19.3 Å². The molecule has 5 nitrogen and oxygen atoms in total. The van der Waals surface area contributed by atoms with Crippen molar-refractivity contribution < 1.29 is 18.9 Å². The van der Waals surface area contributed by atoms with Crippen LogP contribution >= 0.6 is 0 Å². The molecule has 0 saturated carbocycles. The Hall–Kier alpha value is -0.200. The van der Waals surface area contributed by atoms with Crippen LogP contribution in [0.3, 0.4) is 0 Å². The molecule has 0 saturated heterocycles. The van der Waals surface area contributed by atoms with Crippen molar-refractivity contribution >= 4 is 0 Å². The topological polar surface area (TPSA) is 49.0 Å². The highest BCUT2D eigenvalue weighted by molar-refractivity contribution is 4.47. The van der Waals surface area contributed by atoms with Gasteiger partial charge in [0.1, 0.15) is 0 Å². The summed E-state index contributed by atoms with van der Waals surface area (Å²) in [5.74, 6) is 0. The number of unbranched alkanes of at least 4 members (excludes halogenated alkanes) is 1. The van der Waals surface area contributed by atoms with E-state index in [-0.39, 0.29) is 0 Å². The van der Waals surface area contributed by atoms with Gasteiger partial charge < -0.3 is 24.3 Å². The van der Waals surface area contributed by atoms with Gasteiger partial charge in [-0.15, -0.1) is 0 Å². The fraction of sp³-hybridized carbons (Fsp3) is 1.00. The monoisotopic (exact) mass is 263 g/mol. The maximum Gasteiger partial charge on any atom is 0.0700 e. The van der Waals surface area contributed by atoms with Crippen LogP contribution in [0.5, 0.6) is 0 Å². The van der Waals surface area contributed by atoms with Crippen LogP contribution in [0.2, 0.25) is 0 Å². The molecule has 5 heteroatoms. The molecule has 0 fully saturated rings. The molecule has 0 rings (SSSR count). The Morgan fingerprint density at radius 3 is 1.94 bits per heavy atom. The highest BCUT2D eigenvalue weighted by Crippen LogP contribution is 1.90. The molecule has 0 aromatic heterocycles. The van der Waals surface area contributed by atoms with Gasteiger partial charge >= 0.3 is 0 Å². The summed E-state index contributed by atoms with van der Waals surface area (Å²) in [5.41, 5.74) is 0. The first-order chi connectivity index (χ1) is 8.91. The van der Waals surface area contributed by atoms with Crippen LogP contribution in [0.4, 0.5) is 0 Å². The average molecular weight is 263 g/mol. The fourth-order valence-electron chi connectivity index (χ4n) is 1.38. The van der Waals surface area contributed by atoms with E-state index in [4.69, 9.17) is 18.9 Å². The van der Waals surface area contributed by atoms with Crippen molar-refractivity contribution in [3.63, 3.8) is 0 Å². The van der Waals surface area contributed by atoms with Gasteiger partial charge in [-0.1, -0.05) is 0 Å². The first-order valence-electron chi connectivity index (χ1n) is 6.76. The third kappa shape index (κ3) is 15.8. The summed E-state index contributed by atoms with van der Waals surface area (Å²) in [4.78, 5) is 0. The van der Waals surface area contributed by atoms with Gasteiger partial charge in [-0.25, -0.2) is 0 Å². The first-order valence-corrected chi connectivity index (χ1v) is 6.76. The summed E-state index contributed by atoms with van der Waals surface area (Å²) in [5, 5.41) is 3.30. The van der Waals surface area contributed by atoms with Crippen LogP contribution in [0, 0.1) is 0 Å². The molecule has 0 aromatic carbocycles. The lowest BCUT2D eigenvalue weighted by atomic mass is 10.3. The summed E-state index contributed by atoms with van der Waals surface area (Å²) in [6, 6.07) is 0. The van der Waals surface area contributed by atoms with Gasteiger partial charge in [0.2, 0.25) is 0 Å². The van der Waals surface area contributed by atoms with Crippen LogP contribution < -0.4 is 5.32 Å². The molecule has 18 heavy (non-hydrogen) atoms. The molecule has 0 amide bonds. The normalized spacial score (nSPS) is 11.0. The van der Waals surface area contributed by atoms with E-state index in [1.54, 1.807) is 14.2 Å². The van der Waals surface area contributed by atoms with Gasteiger partial charge in [-0.3, -0.25) is 0 Å². The van der Waals surface area contributed by atoms with Gasteiger partial charge in [0, 0.05) is 40.6 Å². The van der Waals surface area contributed by atoms with E-state index in [1.165, 1.54) is 0 Å². The minimum absolute atomic E-state index is 0.676. The Balaban J connectivity index is 2.86. The van der Waals surface area contributed by atoms with Crippen molar-refractivity contribution in [1.82, 2.24) is 5.32 Å². The van der Waals surface area contributed by atoms with E-state index in [9.17, 15) is 0 Å². The Kier molecular flexibility index (Phi) is 16.6. The summed E-state index contributed by atoms with van der Waals surface area (Å²) < 4.78 is 20.7. The SMILES string of the molecule is COCCCOCCOCCCCNCCOC. The number of nitrogens with one attached hydrogen (secondary N) is 1. The number of hydrogen-bond donors (Lipinski definition) is 1. The average Bonchev–Trinajstić information content (AvgIpc) is 2.39. The summed E-state index contributed by atoms with van der Waals surface area (Å²) in [6.07, 6.45) is 3.17. The van der Waals surface area contributed by atoms with Crippen molar-refractivity contribution in [2.75, 3.05) is 67.0 Å². The van der Waals surface area contributed by atoms with E-state index >= 15 is 0 Å². The standard InChI is InChI=1S/C13H29NO4/c1-15-8-5-10-18-13-12-17-9-4-3-6-14-7-11-16-2/h14H,3-13H2,1-2H3. The number of hydrogen-bond acceptors (Lipinski definition) is 5. The number of rotatable bonds is 15. The highest BCUT2D eigenvalue weighted by Gasteiger charge is 1.92. The molecule has 0 aliphatic heterocycles. The fourth-order valence-corrected chi connectivity index (χ4v) is 1.38. The Morgan fingerprint density at radius 2 is 1.28 bits per heavy atom. The maximum absolute atomic E-state index is 5.46. The van der Waals surface area contributed by atoms with Crippen molar-refractivity contribution in [2.24, 2.45) is 0 Å². The van der Waals surface area contributed by atoms with Crippen molar-refractivity contribution in [3.8, 4) is 0 Å². The van der Waals surface area contributed by atoms with E-state index in [1.807, 2.05) is 0 Å². The summed E-state index contributed by atoms with van der Waals surface area (Å²) in [7, 11) is 3.42. The molecule has 0 bridgehead atoms. The van der Waals surface area contributed by atoms with Gasteiger partial charge in [-0.2, -0.15) is 0 Å². The third-order valence-corrected chi connectivity index (χ3v) is 2.38. The molecular weight excluding hydrogens is 234 g/mol. The molecular formula is C13H29NO4. The van der Waals surface area contributed by atoms with Crippen molar-refractivity contribution in [3.05, 3.63) is 0 Å². The van der Waals surface area contributed by atoms with Crippen LogP contribution in [-0.4, -0.2) is 67.0 Å². The molecule has 0 heterocycles. The minimum atomic E-state index is 0.676. The second kappa shape index (κ2) is 16.8. The van der Waals surface area contributed by atoms with E-state index in [0.717, 1.165) is 58.8 Å². The van der Waals surface area contributed by atoms with Gasteiger partial charge in [0.05, 0.1) is 19.8 Å². The molecule has 1 N–H and O–H groups in total. The zero-order valence-electron chi connectivity index (χ0n) is 11.9. The van der Waals surface area contributed by atoms with Gasteiger partial charge in [0.25, 0.3) is 0 Å². The molecule has 0 aliphatic rings. The maximum atomic E-state index is 5.46. The van der Waals surface area contributed by atoms with Gasteiger partial charge in [-0.05, 0) is 25.8 Å². The smallest absolute Gasteiger partial charge is 0.0700 e. The predicted octanol–water partition coefficient (Wildman–Crippen LogP) is 1.07. The lowest BCUT2D eigenvalue weighted by molar-refractivity contribution is 0.0388. The lowest BCUT2D eigenvalue weighted by Crippen LogP contribution is -2.20. The van der Waals surface area contributed by atoms with Crippen molar-refractivity contribution in [1.29, 1.82) is 0 Å². The zero-order chi connectivity index (χ0) is 13.3. The quantitative estimate of drug-likeness (QED) is 0.448. The molecule has 0 unspecified atom stereocenters. The summed E-state index contributed by atoms with van der Waals surface area (Å²) >= 11 is 0. The van der Waals surface area contributed by atoms with Gasteiger partial charge in [0.15, 0.2) is 0 Å². The molecule has 0 radical (unpaired) electrons. The van der Waals surface area contributed by atoms with E-state index < -0.39 is 0 Å². The van der Waals surface area contributed by atoms with E-state index in [0.29, 0.717) is 13.2 Å². The van der Waals surface area contributed by atoms with Crippen LogP contribution in [-0.2, 0) is 18.9 Å². The Bertz CT molecular complexity index is 131. The first kappa shape index (κ1) is 17.8. The molecule has 0 atom stereocenters. The largest absolute Gasteiger partial charge is 0.385 e.